The van der Waals surface area contributed by atoms with Crippen LogP contribution in [0.4, 0.5) is 0 Å². The van der Waals surface area contributed by atoms with E-state index in [1.54, 1.807) is 36.8 Å². The van der Waals surface area contributed by atoms with E-state index < -0.39 is 12.0 Å². The Hall–Kier alpha value is -3.88. The molecule has 0 saturated carbocycles. The Bertz CT molecular complexity index is 1840. The van der Waals surface area contributed by atoms with E-state index in [1.165, 1.54) is 11.3 Å². The van der Waals surface area contributed by atoms with Crippen molar-refractivity contribution >= 4 is 45.8 Å². The van der Waals surface area contributed by atoms with Gasteiger partial charge in [-0.25, -0.2) is 9.79 Å². The molecular formula is C32H31ClN2O5S. The molecule has 9 heteroatoms. The lowest BCUT2D eigenvalue weighted by atomic mass is 9.90. The normalized spacial score (nSPS) is 15.0. The number of halogens is 1. The minimum absolute atomic E-state index is 0.198. The summed E-state index contributed by atoms with van der Waals surface area (Å²) in [5.41, 5.74) is 2.17. The lowest BCUT2D eigenvalue weighted by Gasteiger charge is -2.28. The Morgan fingerprint density at radius 3 is 2.56 bits per heavy atom. The number of benzene rings is 3. The smallest absolute Gasteiger partial charge is 0.338 e. The Balaban J connectivity index is 1.82. The quantitative estimate of drug-likeness (QED) is 0.231. The van der Waals surface area contributed by atoms with E-state index >= 15 is 0 Å². The van der Waals surface area contributed by atoms with Gasteiger partial charge in [0.15, 0.2) is 4.80 Å². The molecule has 5 rings (SSSR count). The highest BCUT2D eigenvalue weighted by atomic mass is 35.5. The average Bonchev–Trinajstić information content (AvgIpc) is 3.27. The first-order chi connectivity index (χ1) is 19.9. The number of thiazole rings is 1. The topological polar surface area (TPSA) is 79.1 Å². The van der Waals surface area contributed by atoms with Crippen LogP contribution in [0.5, 0.6) is 11.5 Å². The van der Waals surface area contributed by atoms with Crippen molar-refractivity contribution in [2.45, 2.75) is 39.7 Å². The predicted octanol–water partition coefficient (Wildman–Crippen LogP) is 5.79. The second-order valence-electron chi connectivity index (χ2n) is 9.44. The van der Waals surface area contributed by atoms with Crippen molar-refractivity contribution in [1.29, 1.82) is 0 Å². The number of hydrogen-bond acceptors (Lipinski definition) is 7. The molecule has 0 unspecified atom stereocenters. The van der Waals surface area contributed by atoms with Gasteiger partial charge in [-0.3, -0.25) is 9.36 Å². The minimum Gasteiger partial charge on any atom is -0.496 e. The fourth-order valence-corrected chi connectivity index (χ4v) is 6.42. The van der Waals surface area contributed by atoms with Gasteiger partial charge in [0.05, 0.1) is 41.1 Å². The van der Waals surface area contributed by atoms with Gasteiger partial charge in [0.1, 0.15) is 17.5 Å². The zero-order valence-corrected chi connectivity index (χ0v) is 25.0. The lowest BCUT2D eigenvalue weighted by molar-refractivity contribution is -0.139. The van der Waals surface area contributed by atoms with E-state index in [-0.39, 0.29) is 12.2 Å². The van der Waals surface area contributed by atoms with Crippen LogP contribution in [0.2, 0.25) is 5.02 Å². The first kappa shape index (κ1) is 28.6. The number of carbonyl (C=O) groups excluding carboxylic acids is 1. The Labute approximate surface area is 247 Å². The summed E-state index contributed by atoms with van der Waals surface area (Å²) in [6, 6.07) is 16.3. The first-order valence-corrected chi connectivity index (χ1v) is 14.8. The van der Waals surface area contributed by atoms with Crippen molar-refractivity contribution in [2.24, 2.45) is 4.99 Å². The summed E-state index contributed by atoms with van der Waals surface area (Å²) in [4.78, 5) is 33.2. The number of esters is 1. The van der Waals surface area contributed by atoms with Crippen LogP contribution in [-0.4, -0.2) is 30.9 Å². The second-order valence-corrected chi connectivity index (χ2v) is 10.9. The molecule has 0 saturated heterocycles. The van der Waals surface area contributed by atoms with Crippen LogP contribution >= 0.6 is 22.9 Å². The molecule has 7 nitrogen and oxygen atoms in total. The number of nitrogens with zero attached hydrogens (tertiary/aromatic N) is 2. The molecule has 212 valence electrons. The van der Waals surface area contributed by atoms with Gasteiger partial charge in [-0.15, -0.1) is 0 Å². The fourth-order valence-electron chi connectivity index (χ4n) is 5.16. The van der Waals surface area contributed by atoms with Gasteiger partial charge in [-0.1, -0.05) is 72.7 Å². The number of fused-ring (bicyclic) bond motifs is 2. The maximum atomic E-state index is 14.2. The molecule has 0 aliphatic carbocycles. The van der Waals surface area contributed by atoms with Crippen molar-refractivity contribution in [3.8, 4) is 11.5 Å². The number of carbonyl (C=O) groups is 1. The van der Waals surface area contributed by atoms with Crippen LogP contribution < -0.4 is 24.4 Å². The third-order valence-corrected chi connectivity index (χ3v) is 8.15. The van der Waals surface area contributed by atoms with Crippen LogP contribution in [0, 0.1) is 0 Å². The van der Waals surface area contributed by atoms with Crippen LogP contribution in [0.3, 0.4) is 0 Å². The van der Waals surface area contributed by atoms with Gasteiger partial charge in [0, 0.05) is 5.56 Å². The number of allylic oxidation sites excluding steroid dienone is 1. The van der Waals surface area contributed by atoms with Crippen LogP contribution in [0.25, 0.3) is 16.8 Å². The first-order valence-electron chi connectivity index (χ1n) is 13.6. The summed E-state index contributed by atoms with van der Waals surface area (Å²) < 4.78 is 19.0. The van der Waals surface area contributed by atoms with Gasteiger partial charge >= 0.3 is 5.97 Å². The number of methoxy groups -OCH3 is 1. The SMILES string of the molecule is CCCC1=C(C(=O)OCC)[C@H](c2c(OC)ccc3ccccc23)n2c(s/c(=C\c3ccc(OCC)c(Cl)c3)c2=O)=N1. The molecule has 4 aromatic rings. The van der Waals surface area contributed by atoms with Gasteiger partial charge in [0.25, 0.3) is 5.56 Å². The maximum Gasteiger partial charge on any atom is 0.338 e. The highest BCUT2D eigenvalue weighted by Crippen LogP contribution is 2.41. The number of rotatable bonds is 9. The summed E-state index contributed by atoms with van der Waals surface area (Å²) in [6.45, 7) is 6.39. The van der Waals surface area contributed by atoms with Crippen LogP contribution in [-0.2, 0) is 9.53 Å². The largest absolute Gasteiger partial charge is 0.496 e. The maximum absolute atomic E-state index is 14.2. The van der Waals surface area contributed by atoms with Crippen molar-refractivity contribution in [1.82, 2.24) is 4.57 Å². The summed E-state index contributed by atoms with van der Waals surface area (Å²) in [6.07, 6.45) is 3.11. The predicted molar refractivity (Wildman–Crippen MR) is 163 cm³/mol. The number of aromatic nitrogens is 1. The molecule has 0 fully saturated rings. The van der Waals surface area contributed by atoms with Crippen molar-refractivity contribution in [2.75, 3.05) is 20.3 Å². The zero-order chi connectivity index (χ0) is 29.1. The third-order valence-electron chi connectivity index (χ3n) is 6.87. The van der Waals surface area contributed by atoms with Crippen molar-refractivity contribution in [3.63, 3.8) is 0 Å². The molecular weight excluding hydrogens is 560 g/mol. The summed E-state index contributed by atoms with van der Waals surface area (Å²) in [7, 11) is 1.59. The van der Waals surface area contributed by atoms with Gasteiger partial charge in [-0.05, 0) is 60.9 Å². The minimum atomic E-state index is -0.793. The van der Waals surface area contributed by atoms with E-state index in [1.807, 2.05) is 56.3 Å². The number of ether oxygens (including phenoxy) is 3. The lowest BCUT2D eigenvalue weighted by Crippen LogP contribution is -2.40. The highest BCUT2D eigenvalue weighted by Gasteiger charge is 2.37. The second kappa shape index (κ2) is 12.3. The molecule has 1 aliphatic heterocycles. The summed E-state index contributed by atoms with van der Waals surface area (Å²) in [5.74, 6) is 0.660. The van der Waals surface area contributed by atoms with E-state index in [9.17, 15) is 9.59 Å². The molecule has 0 amide bonds. The fraction of sp³-hybridized carbons (Fsp3) is 0.281. The monoisotopic (exact) mass is 590 g/mol. The van der Waals surface area contributed by atoms with Gasteiger partial charge in [0.2, 0.25) is 0 Å². The molecule has 1 aromatic heterocycles. The van der Waals surface area contributed by atoms with Crippen molar-refractivity contribution < 1.29 is 19.0 Å². The molecule has 3 aromatic carbocycles. The van der Waals surface area contributed by atoms with Crippen LogP contribution in [0.15, 0.2) is 75.7 Å². The van der Waals surface area contributed by atoms with Crippen molar-refractivity contribution in [3.05, 3.63) is 102 Å². The Morgan fingerprint density at radius 2 is 1.85 bits per heavy atom. The van der Waals surface area contributed by atoms with Gasteiger partial charge in [-0.2, -0.15) is 0 Å². The van der Waals surface area contributed by atoms with E-state index in [2.05, 4.69) is 0 Å². The molecule has 2 heterocycles. The van der Waals surface area contributed by atoms with Gasteiger partial charge < -0.3 is 14.2 Å². The van der Waals surface area contributed by atoms with E-state index in [0.29, 0.717) is 55.7 Å². The van der Waals surface area contributed by atoms with E-state index in [0.717, 1.165) is 22.8 Å². The standard InChI is InChI=1S/C32H31ClN2O5S/c1-5-10-23-28(31(37)40-7-3)29(27-21-12-9-8-11-20(21)14-16-25(27)38-4)35-30(36)26(41-32(35)34-23)18-19-13-15-24(39-6-2)22(33)17-19/h8-9,11-18,29H,5-7,10H2,1-4H3/b26-18-/t29-/m0/s1. The molecule has 0 radical (unpaired) electrons. The molecule has 1 aliphatic rings. The average molecular weight is 591 g/mol. The summed E-state index contributed by atoms with van der Waals surface area (Å²) >= 11 is 7.71. The Kier molecular flexibility index (Phi) is 8.61. The Morgan fingerprint density at radius 1 is 1.07 bits per heavy atom. The molecule has 0 N–H and O–H groups in total. The highest BCUT2D eigenvalue weighted by molar-refractivity contribution is 7.07. The molecule has 41 heavy (non-hydrogen) atoms. The molecule has 0 spiro atoms. The summed E-state index contributed by atoms with van der Waals surface area (Å²) in [5, 5.41) is 2.30. The molecule has 0 bridgehead atoms. The van der Waals surface area contributed by atoms with Crippen LogP contribution in [0.1, 0.15) is 50.8 Å². The molecule has 1 atom stereocenters. The number of hydrogen-bond donors (Lipinski definition) is 0. The van der Waals surface area contributed by atoms with E-state index in [4.69, 9.17) is 30.8 Å². The third kappa shape index (κ3) is 5.42. The zero-order valence-electron chi connectivity index (χ0n) is 23.4.